The van der Waals surface area contributed by atoms with Crippen molar-refractivity contribution in [1.82, 2.24) is 15.1 Å². The topological polar surface area (TPSA) is 73.9 Å². The molecule has 8 heteroatoms. The predicted octanol–water partition coefficient (Wildman–Crippen LogP) is 3.86. The number of benzene rings is 2. The highest BCUT2D eigenvalue weighted by atomic mass is 35.5. The van der Waals surface area contributed by atoms with E-state index in [0.29, 0.717) is 28.6 Å². The molecule has 0 unspecified atom stereocenters. The number of anilines is 1. The molecule has 0 aliphatic carbocycles. The summed E-state index contributed by atoms with van der Waals surface area (Å²) in [5.74, 6) is 0.128. The summed E-state index contributed by atoms with van der Waals surface area (Å²) in [6.07, 6.45) is 3.74. The first-order valence-corrected chi connectivity index (χ1v) is 12.2. The van der Waals surface area contributed by atoms with Crippen LogP contribution in [0.25, 0.3) is 6.08 Å². The molecule has 180 valence electrons. The molecule has 1 fully saturated rings. The molecular weight excluding hydrogens is 452 g/mol. The number of hydrogen-bond donors (Lipinski definition) is 2. The van der Waals surface area contributed by atoms with Crippen LogP contribution in [0.4, 0.5) is 5.69 Å². The Morgan fingerprint density at radius 3 is 2.62 bits per heavy atom. The summed E-state index contributed by atoms with van der Waals surface area (Å²) in [5.41, 5.74) is 1.73. The van der Waals surface area contributed by atoms with Crippen molar-refractivity contribution in [2.75, 3.05) is 51.1 Å². The molecule has 7 nitrogen and oxygen atoms in total. The second-order valence-corrected chi connectivity index (χ2v) is 9.06. The minimum Gasteiger partial charge on any atom is -0.449 e. The molecule has 2 amide bonds. The molecule has 0 aromatic heterocycles. The largest absolute Gasteiger partial charge is 0.449 e. The van der Waals surface area contributed by atoms with Crippen molar-refractivity contribution in [2.24, 2.45) is 0 Å². The third kappa shape index (κ3) is 6.38. The van der Waals surface area contributed by atoms with E-state index in [1.165, 1.54) is 13.0 Å². The number of fused-ring (bicyclic) bond motifs is 1. The molecule has 2 aromatic carbocycles. The molecule has 0 spiro atoms. The minimum atomic E-state index is -0.371. The fourth-order valence-corrected chi connectivity index (χ4v) is 4.41. The van der Waals surface area contributed by atoms with Gasteiger partial charge >= 0.3 is 0 Å². The van der Waals surface area contributed by atoms with Gasteiger partial charge in [-0.05, 0) is 67.9 Å². The van der Waals surface area contributed by atoms with Gasteiger partial charge < -0.3 is 25.2 Å². The van der Waals surface area contributed by atoms with Crippen molar-refractivity contribution in [3.63, 3.8) is 0 Å². The Bertz CT molecular complexity index is 1060. The van der Waals surface area contributed by atoms with Crippen LogP contribution in [0.2, 0.25) is 5.02 Å². The summed E-state index contributed by atoms with van der Waals surface area (Å²) in [5, 5.41) is 6.37. The van der Waals surface area contributed by atoms with Gasteiger partial charge in [0.2, 0.25) is 0 Å². The van der Waals surface area contributed by atoms with E-state index in [2.05, 4.69) is 27.4 Å². The average Bonchev–Trinajstić information content (AvgIpc) is 2.83. The third-order valence-corrected chi connectivity index (χ3v) is 6.26. The molecular formula is C26H31ClN4O3. The fourth-order valence-electron chi connectivity index (χ4n) is 4.21. The van der Waals surface area contributed by atoms with Crippen LogP contribution in [0.15, 0.2) is 48.2 Å². The average molecular weight is 483 g/mol. The lowest BCUT2D eigenvalue weighted by atomic mass is 10.1. The van der Waals surface area contributed by atoms with E-state index < -0.39 is 0 Å². The number of hydrogen-bond acceptors (Lipinski definition) is 5. The van der Waals surface area contributed by atoms with Crippen LogP contribution in [-0.2, 0) is 4.79 Å². The molecule has 0 atom stereocenters. The maximum Gasteiger partial charge on any atom is 0.291 e. The Kier molecular flexibility index (Phi) is 8.21. The molecule has 0 saturated carbocycles. The lowest BCUT2D eigenvalue weighted by molar-refractivity contribution is -0.115. The molecule has 2 aliphatic rings. The van der Waals surface area contributed by atoms with Gasteiger partial charge in [0, 0.05) is 43.3 Å². The van der Waals surface area contributed by atoms with E-state index in [0.717, 1.165) is 44.7 Å². The number of nitrogens with zero attached hydrogens (tertiary/aromatic N) is 2. The normalized spacial score (nSPS) is 17.7. The fraction of sp³-hybridized carbons (Fsp3) is 0.385. The van der Waals surface area contributed by atoms with Gasteiger partial charge in [-0.25, -0.2) is 0 Å². The molecule has 0 radical (unpaired) electrons. The van der Waals surface area contributed by atoms with Crippen LogP contribution in [0.5, 0.6) is 5.75 Å². The van der Waals surface area contributed by atoms with Gasteiger partial charge in [0.05, 0.1) is 5.69 Å². The van der Waals surface area contributed by atoms with Gasteiger partial charge in [-0.1, -0.05) is 30.7 Å². The Balaban J connectivity index is 1.27. The zero-order chi connectivity index (χ0) is 23.9. The quantitative estimate of drug-likeness (QED) is 0.441. The van der Waals surface area contributed by atoms with Crippen LogP contribution >= 0.6 is 11.6 Å². The van der Waals surface area contributed by atoms with Crippen LogP contribution in [-0.4, -0.2) is 67.4 Å². The Morgan fingerprint density at radius 2 is 1.88 bits per heavy atom. The van der Waals surface area contributed by atoms with Gasteiger partial charge in [0.25, 0.3) is 11.8 Å². The van der Waals surface area contributed by atoms with E-state index >= 15 is 0 Å². The zero-order valence-corrected chi connectivity index (χ0v) is 20.2. The molecule has 0 bridgehead atoms. The van der Waals surface area contributed by atoms with Crippen molar-refractivity contribution in [2.45, 2.75) is 19.8 Å². The predicted molar refractivity (Wildman–Crippen MR) is 135 cm³/mol. The Hall–Kier alpha value is -2.87. The highest BCUT2D eigenvalue weighted by Crippen LogP contribution is 2.32. The van der Waals surface area contributed by atoms with E-state index in [-0.39, 0.29) is 17.6 Å². The lowest BCUT2D eigenvalue weighted by Gasteiger charge is -2.34. The molecule has 4 rings (SSSR count). The molecule has 2 aromatic rings. The van der Waals surface area contributed by atoms with Crippen molar-refractivity contribution < 1.29 is 14.3 Å². The number of ether oxygens (including phenoxy) is 1. The molecule has 2 heterocycles. The summed E-state index contributed by atoms with van der Waals surface area (Å²) in [6.45, 7) is 9.42. The standard InChI is InChI=1S/C26H31ClN4O3/c1-2-10-30-12-14-31(15-13-30)11-4-9-28-25(32)20-7-8-23-22(18-20)29-26(33)24(34-23)17-19-5-3-6-21(27)16-19/h3,5-8,16-18H,2,4,9-15H2,1H3,(H,28,32)(H,29,33). The summed E-state index contributed by atoms with van der Waals surface area (Å²) >= 11 is 6.02. The highest BCUT2D eigenvalue weighted by molar-refractivity contribution is 6.30. The maximum absolute atomic E-state index is 12.6. The molecule has 1 saturated heterocycles. The number of halogens is 1. The second kappa shape index (κ2) is 11.5. The van der Waals surface area contributed by atoms with Crippen LogP contribution in [0, 0.1) is 0 Å². The molecule has 2 N–H and O–H groups in total. The monoisotopic (exact) mass is 482 g/mol. The second-order valence-electron chi connectivity index (χ2n) is 8.62. The van der Waals surface area contributed by atoms with E-state index in [1.54, 1.807) is 36.4 Å². The Morgan fingerprint density at radius 1 is 1.12 bits per heavy atom. The maximum atomic E-state index is 12.6. The third-order valence-electron chi connectivity index (χ3n) is 6.02. The SMILES string of the molecule is CCCN1CCN(CCCNC(=O)c2ccc3c(c2)NC(=O)C(=Cc2cccc(Cl)c2)O3)CC1. The first kappa shape index (κ1) is 24.3. The number of piperazine rings is 1. The van der Waals surface area contributed by atoms with Crippen LogP contribution in [0.1, 0.15) is 35.7 Å². The van der Waals surface area contributed by atoms with E-state index in [1.807, 2.05) is 12.1 Å². The van der Waals surface area contributed by atoms with Crippen molar-refractivity contribution in [3.8, 4) is 5.75 Å². The van der Waals surface area contributed by atoms with Gasteiger partial charge in [0.15, 0.2) is 11.5 Å². The zero-order valence-electron chi connectivity index (χ0n) is 19.5. The lowest BCUT2D eigenvalue weighted by Crippen LogP contribution is -2.47. The molecule has 34 heavy (non-hydrogen) atoms. The summed E-state index contributed by atoms with van der Waals surface area (Å²) < 4.78 is 5.78. The molecule has 2 aliphatic heterocycles. The number of carbonyl (C=O) groups is 2. The van der Waals surface area contributed by atoms with Crippen molar-refractivity contribution in [1.29, 1.82) is 0 Å². The first-order valence-electron chi connectivity index (χ1n) is 11.9. The van der Waals surface area contributed by atoms with Gasteiger partial charge in [-0.3, -0.25) is 9.59 Å². The van der Waals surface area contributed by atoms with E-state index in [9.17, 15) is 9.59 Å². The number of rotatable bonds is 8. The van der Waals surface area contributed by atoms with E-state index in [4.69, 9.17) is 16.3 Å². The summed E-state index contributed by atoms with van der Waals surface area (Å²) in [6, 6.07) is 12.2. The van der Waals surface area contributed by atoms with Gasteiger partial charge in [0.1, 0.15) is 0 Å². The van der Waals surface area contributed by atoms with Gasteiger partial charge in [-0.15, -0.1) is 0 Å². The van der Waals surface area contributed by atoms with Crippen LogP contribution < -0.4 is 15.4 Å². The first-order chi connectivity index (χ1) is 16.5. The minimum absolute atomic E-state index is 0.162. The van der Waals surface area contributed by atoms with Gasteiger partial charge in [-0.2, -0.15) is 0 Å². The number of carbonyl (C=O) groups excluding carboxylic acids is 2. The Labute approximate surface area is 205 Å². The number of amides is 2. The highest BCUT2D eigenvalue weighted by Gasteiger charge is 2.23. The summed E-state index contributed by atoms with van der Waals surface area (Å²) in [4.78, 5) is 30.1. The summed E-state index contributed by atoms with van der Waals surface area (Å²) in [7, 11) is 0. The van der Waals surface area contributed by atoms with Crippen LogP contribution in [0.3, 0.4) is 0 Å². The number of nitrogens with one attached hydrogen (secondary N) is 2. The smallest absolute Gasteiger partial charge is 0.291 e. The van der Waals surface area contributed by atoms with Crippen molar-refractivity contribution in [3.05, 3.63) is 64.4 Å². The van der Waals surface area contributed by atoms with Crippen molar-refractivity contribution >= 4 is 35.2 Å².